The van der Waals surface area contributed by atoms with Gasteiger partial charge in [-0.15, -0.1) is 0 Å². The summed E-state index contributed by atoms with van der Waals surface area (Å²) in [5.74, 6) is 0.254. The van der Waals surface area contributed by atoms with E-state index in [9.17, 15) is 27.9 Å². The highest BCUT2D eigenvalue weighted by molar-refractivity contribution is 7.90. The highest BCUT2D eigenvalue weighted by Crippen LogP contribution is 2.53. The molecule has 78 heavy (non-hydrogen) atoms. The molecule has 2 saturated carbocycles. The number of aromatic nitrogens is 3. The number of pyridine rings is 2. The van der Waals surface area contributed by atoms with Crippen LogP contribution in [0, 0.1) is 29.3 Å². The molecule has 5 heterocycles. The molecule has 17 nitrogen and oxygen atoms in total. The fourth-order valence-corrected chi connectivity index (χ4v) is 13.3. The molecule has 1 unspecified atom stereocenters. The van der Waals surface area contributed by atoms with Crippen LogP contribution in [0.2, 0.25) is 0 Å². The molecule has 3 aromatic heterocycles. The van der Waals surface area contributed by atoms with Crippen molar-refractivity contribution in [2.45, 2.75) is 114 Å². The lowest BCUT2D eigenvalue weighted by molar-refractivity contribution is -0.751. The van der Waals surface area contributed by atoms with Crippen LogP contribution in [0.15, 0.2) is 90.1 Å². The summed E-state index contributed by atoms with van der Waals surface area (Å²) in [5, 5.41) is 26.2. The van der Waals surface area contributed by atoms with Crippen LogP contribution in [0.3, 0.4) is 0 Å². The number of carbonyl (C=O) groups excluding carboxylic acids is 1. The molecule has 5 N–H and O–H groups in total. The van der Waals surface area contributed by atoms with Gasteiger partial charge in [-0.05, 0) is 123 Å². The number of ether oxygens (including phenoxy) is 3. The molecule has 0 radical (unpaired) electrons. The van der Waals surface area contributed by atoms with Crippen molar-refractivity contribution in [2.75, 3.05) is 70.8 Å². The standard InChI is InChI=1S/C59H74FN9O8S/c1-37(2)44-10-8-9-11-45(44)50-36-67(35-40-13-12-38(3)51(26-40)75-6)24-25-69(50)42-30-59(31-42)20-22-68(23-21-59)41-14-15-46(52(27-41)77-53-29-47-48(60)34-63-54(47)64-57(53)76-7)56(70)65-78(73,74)43-28-49(66(5)72)55(62-33-43)61-32-39-16-18-58(4,71)19-17-39/h8-15,26-29,33-34,37,39,42,50,66,71H,16-25,30-32,35-36H2,1-7H3,(H,61,62)(H,63,64)(H,65,70)/t39?,50-,58?/m0/s1. The molecular weight excluding hydrogens is 1010 g/mol. The maximum atomic E-state index is 15.0. The van der Waals surface area contributed by atoms with Crippen LogP contribution in [0.4, 0.5) is 21.6 Å². The molecule has 6 aromatic rings. The number of aliphatic hydroxyl groups is 1. The summed E-state index contributed by atoms with van der Waals surface area (Å²) in [6.07, 6.45) is 9.35. The predicted octanol–water partition coefficient (Wildman–Crippen LogP) is 8.76. The van der Waals surface area contributed by atoms with Gasteiger partial charge in [0.1, 0.15) is 27.9 Å². The average molecular weight is 1090 g/mol. The summed E-state index contributed by atoms with van der Waals surface area (Å²) in [6.45, 7) is 14.2. The van der Waals surface area contributed by atoms with Crippen molar-refractivity contribution in [3.05, 3.63) is 124 Å². The zero-order chi connectivity index (χ0) is 55.1. The average Bonchev–Trinajstić information content (AvgIpc) is 3.89. The predicted molar refractivity (Wildman–Crippen MR) is 299 cm³/mol. The van der Waals surface area contributed by atoms with Crippen LogP contribution in [0.1, 0.15) is 117 Å². The third-order valence-electron chi connectivity index (χ3n) is 17.0. The van der Waals surface area contributed by atoms with Gasteiger partial charge in [0.15, 0.2) is 17.3 Å². The molecule has 2 saturated heterocycles. The second-order valence-corrected chi connectivity index (χ2v) is 24.5. The van der Waals surface area contributed by atoms with Gasteiger partial charge < -0.3 is 44.8 Å². The number of hydrogen-bond donors (Lipinski definition) is 5. The van der Waals surface area contributed by atoms with E-state index in [4.69, 9.17) is 14.2 Å². The lowest BCUT2D eigenvalue weighted by Gasteiger charge is -2.58. The number of aryl methyl sites for hydroxylation is 1. The highest BCUT2D eigenvalue weighted by Gasteiger charge is 2.50. The first-order valence-electron chi connectivity index (χ1n) is 27.3. The second-order valence-electron chi connectivity index (χ2n) is 22.8. The van der Waals surface area contributed by atoms with Gasteiger partial charge in [-0.3, -0.25) is 14.6 Å². The van der Waals surface area contributed by atoms with Gasteiger partial charge in [0.25, 0.3) is 21.8 Å². The largest absolute Gasteiger partial charge is 0.629 e. The van der Waals surface area contributed by atoms with E-state index >= 15 is 0 Å². The molecule has 2 aliphatic heterocycles. The number of benzene rings is 3. The molecule has 3 aromatic carbocycles. The Balaban J connectivity index is 0.856. The molecule has 19 heteroatoms. The summed E-state index contributed by atoms with van der Waals surface area (Å²) in [7, 11) is -0.142. The Morgan fingerprint density at radius 1 is 0.962 bits per heavy atom. The van der Waals surface area contributed by atoms with Crippen molar-refractivity contribution in [3.63, 3.8) is 0 Å². The molecule has 2 aliphatic carbocycles. The number of nitrogens with one attached hydrogen (secondary N) is 4. The third-order valence-corrected chi connectivity index (χ3v) is 18.3. The van der Waals surface area contributed by atoms with Crippen molar-refractivity contribution in [2.24, 2.45) is 11.3 Å². The fourth-order valence-electron chi connectivity index (χ4n) is 12.4. The van der Waals surface area contributed by atoms with E-state index in [0.29, 0.717) is 31.3 Å². The van der Waals surface area contributed by atoms with E-state index in [0.717, 1.165) is 101 Å². The number of rotatable bonds is 17. The summed E-state index contributed by atoms with van der Waals surface area (Å²) in [5.41, 5.74) is 5.62. The Hall–Kier alpha value is -6.35. The monoisotopic (exact) mass is 1090 g/mol. The van der Waals surface area contributed by atoms with E-state index in [1.807, 2.05) is 6.92 Å². The summed E-state index contributed by atoms with van der Waals surface area (Å²) >= 11 is 0. The lowest BCUT2D eigenvalue weighted by atomic mass is 9.59. The van der Waals surface area contributed by atoms with Crippen LogP contribution in [0.25, 0.3) is 11.0 Å². The minimum absolute atomic E-state index is 0.000657. The van der Waals surface area contributed by atoms with Crippen molar-refractivity contribution in [3.8, 4) is 23.1 Å². The van der Waals surface area contributed by atoms with Crippen LogP contribution in [-0.2, 0) is 16.6 Å². The number of fused-ring (bicyclic) bond motifs is 1. The van der Waals surface area contributed by atoms with E-state index in [1.54, 1.807) is 19.2 Å². The van der Waals surface area contributed by atoms with Gasteiger partial charge in [-0.2, -0.15) is 4.98 Å². The van der Waals surface area contributed by atoms with Crippen molar-refractivity contribution in [1.29, 1.82) is 0 Å². The van der Waals surface area contributed by atoms with Gasteiger partial charge in [-0.1, -0.05) is 50.2 Å². The number of piperidine rings is 1. The number of anilines is 2. The van der Waals surface area contributed by atoms with Crippen molar-refractivity contribution in [1.82, 2.24) is 29.5 Å². The number of nitrogens with zero attached hydrogens (tertiary/aromatic N) is 5. The molecule has 0 bridgehead atoms. The molecule has 1 spiro atoms. The maximum absolute atomic E-state index is 15.0. The molecular formula is C59H74FN9O8S. The summed E-state index contributed by atoms with van der Waals surface area (Å²) in [4.78, 5) is 33.1. The number of amides is 1. The SMILES string of the molecule is COc1cc(CN2CCN(C3CC4(CCN(c5ccc(C(=O)NS(=O)(=O)c6cnc(NCC7CCC(C)(O)CC7)c([NH+](C)[O-])c6)c(Oc6cc7c(F)c[nH]c7nc6OC)c5)CC4)C3)[C@H](c3ccccc3C(C)C)C2)ccc1C. The highest BCUT2D eigenvalue weighted by atomic mass is 32.2. The molecule has 2 atom stereocenters. The molecule has 4 fully saturated rings. The number of methoxy groups -OCH3 is 2. The Morgan fingerprint density at radius 3 is 2.44 bits per heavy atom. The van der Waals surface area contributed by atoms with Gasteiger partial charge in [0, 0.05) is 88.0 Å². The first-order valence-corrected chi connectivity index (χ1v) is 28.8. The van der Waals surface area contributed by atoms with Gasteiger partial charge in [-0.25, -0.2) is 22.5 Å². The first-order chi connectivity index (χ1) is 37.3. The fraction of sp³-hybridized carbons (Fsp3) is 0.475. The molecule has 10 rings (SSSR count). The Bertz CT molecular complexity index is 3250. The first kappa shape index (κ1) is 55.0. The van der Waals surface area contributed by atoms with Gasteiger partial charge >= 0.3 is 0 Å². The van der Waals surface area contributed by atoms with E-state index in [-0.39, 0.29) is 67.8 Å². The Kier molecular flexibility index (Phi) is 15.8. The van der Waals surface area contributed by atoms with Gasteiger partial charge in [0.05, 0.1) is 44.0 Å². The van der Waals surface area contributed by atoms with Crippen molar-refractivity contribution < 1.29 is 42.0 Å². The number of hydrogen-bond acceptors (Lipinski definition) is 14. The zero-order valence-corrected chi connectivity index (χ0v) is 46.6. The molecule has 4 aliphatic rings. The smallest absolute Gasteiger partial charge is 0.268 e. The maximum Gasteiger partial charge on any atom is 0.268 e. The molecule has 416 valence electrons. The Labute approximate surface area is 457 Å². The molecule has 1 amide bonds. The second kappa shape index (κ2) is 22.4. The zero-order valence-electron chi connectivity index (χ0n) is 45.8. The number of aromatic amines is 1. The minimum Gasteiger partial charge on any atom is -0.629 e. The lowest BCUT2D eigenvalue weighted by Crippen LogP contribution is -2.98. The number of halogens is 1. The normalized spacial score (nSPS) is 21.6. The number of H-pyrrole nitrogens is 1. The Morgan fingerprint density at radius 2 is 1.72 bits per heavy atom. The van der Waals surface area contributed by atoms with Crippen LogP contribution in [-0.4, -0.2) is 116 Å². The third kappa shape index (κ3) is 11.7. The van der Waals surface area contributed by atoms with E-state index in [1.165, 1.54) is 55.2 Å². The van der Waals surface area contributed by atoms with Crippen LogP contribution in [0.5, 0.6) is 23.1 Å². The van der Waals surface area contributed by atoms with Crippen LogP contribution < -0.4 is 34.2 Å². The van der Waals surface area contributed by atoms with Gasteiger partial charge in [0.2, 0.25) is 0 Å². The quantitative estimate of drug-likeness (QED) is 0.0543. The summed E-state index contributed by atoms with van der Waals surface area (Å²) in [6, 6.07) is 23.9. The number of carbonyl (C=O) groups is 1. The van der Waals surface area contributed by atoms with Crippen molar-refractivity contribution >= 4 is 44.2 Å². The summed E-state index contributed by atoms with van der Waals surface area (Å²) < 4.78 is 62.8. The topological polar surface area (TPSA) is 202 Å². The number of quaternary nitrogens is 1. The number of sulfonamides is 1. The van der Waals surface area contributed by atoms with Crippen LogP contribution >= 0.6 is 0 Å². The number of hydroxylamine groups is 1. The minimum atomic E-state index is -4.59. The number of piperazine rings is 1. The van der Waals surface area contributed by atoms with E-state index in [2.05, 4.69) is 103 Å². The van der Waals surface area contributed by atoms with E-state index < -0.39 is 32.4 Å².